The van der Waals surface area contributed by atoms with E-state index in [2.05, 4.69) is 64.0 Å². The third kappa shape index (κ3) is 3.48. The molecule has 2 atom stereocenters. The van der Waals surface area contributed by atoms with Gasteiger partial charge in [-0.1, -0.05) is 30.3 Å². The van der Waals surface area contributed by atoms with Crippen LogP contribution in [0.5, 0.6) is 0 Å². The molecule has 31 heavy (non-hydrogen) atoms. The molecule has 1 aromatic carbocycles. The van der Waals surface area contributed by atoms with E-state index in [4.69, 9.17) is 28.6 Å². The average molecular weight is 474 g/mol. The third-order valence-electron chi connectivity index (χ3n) is 5.86. The smallest absolute Gasteiger partial charge is 0.190 e. The van der Waals surface area contributed by atoms with Crippen molar-refractivity contribution in [2.24, 2.45) is 0 Å². The van der Waals surface area contributed by atoms with Crippen LogP contribution in [0.4, 0.5) is 0 Å². The van der Waals surface area contributed by atoms with Gasteiger partial charge in [-0.2, -0.15) is 4.57 Å². The fraction of sp³-hybridized carbons (Fsp3) is 0.190. The second-order valence-corrected chi connectivity index (χ2v) is 9.88. The van der Waals surface area contributed by atoms with Crippen molar-refractivity contribution in [2.75, 3.05) is 0 Å². The second-order valence-electron chi connectivity index (χ2n) is 7.34. The minimum absolute atomic E-state index is 0.178. The van der Waals surface area contributed by atoms with Crippen molar-refractivity contribution in [2.45, 2.75) is 23.8 Å². The summed E-state index contributed by atoms with van der Waals surface area (Å²) in [4.78, 5) is 9.62. The molecule has 158 valence electrons. The van der Waals surface area contributed by atoms with Gasteiger partial charge in [0.05, 0.1) is 11.3 Å². The maximum atomic E-state index is 8.49. The van der Waals surface area contributed by atoms with Crippen LogP contribution in [-0.4, -0.2) is 9.97 Å². The van der Waals surface area contributed by atoms with Gasteiger partial charge < -0.3 is 0 Å². The molecule has 7 rings (SSSR count). The topological polar surface area (TPSA) is 122 Å². The zero-order valence-electron chi connectivity index (χ0n) is 16.0. The molecule has 2 aliphatic heterocycles. The molecule has 0 spiro atoms. The minimum Gasteiger partial charge on any atom is -0.249 e. The van der Waals surface area contributed by atoms with Crippen LogP contribution in [-0.2, 0) is 5.41 Å². The second kappa shape index (κ2) is 7.72. The summed E-state index contributed by atoms with van der Waals surface area (Å²) in [5, 5.41) is 6.56. The van der Waals surface area contributed by atoms with Crippen LogP contribution in [0, 0.1) is 10.2 Å². The van der Waals surface area contributed by atoms with Crippen LogP contribution >= 0.6 is 22.7 Å². The number of fused-ring (bicyclic) bond motifs is 1. The molecular formula is C21H16ClN3O4S2. The summed E-state index contributed by atoms with van der Waals surface area (Å²) in [6.45, 7) is 0. The summed E-state index contributed by atoms with van der Waals surface area (Å²) >= 11 is 3.52. The Labute approximate surface area is 188 Å². The number of thiazole rings is 2. The summed E-state index contributed by atoms with van der Waals surface area (Å²) in [6.07, 6.45) is 7.11. The molecule has 0 radical (unpaired) electrons. The molecule has 0 amide bonds. The fourth-order valence-corrected chi connectivity index (χ4v) is 6.76. The number of aromatic nitrogens is 3. The van der Waals surface area contributed by atoms with E-state index in [0.717, 1.165) is 6.42 Å². The van der Waals surface area contributed by atoms with Gasteiger partial charge in [0.2, 0.25) is 0 Å². The van der Waals surface area contributed by atoms with Gasteiger partial charge in [-0.05, 0) is 5.56 Å². The van der Waals surface area contributed by atoms with Crippen LogP contribution in [0.2, 0.25) is 0 Å². The molecule has 7 nitrogen and oxygen atoms in total. The monoisotopic (exact) mass is 473 g/mol. The quantitative estimate of drug-likeness (QED) is 0.364. The lowest BCUT2D eigenvalue weighted by Crippen LogP contribution is -2.68. The lowest BCUT2D eigenvalue weighted by Gasteiger charge is -2.47. The van der Waals surface area contributed by atoms with Gasteiger partial charge >= 0.3 is 0 Å². The van der Waals surface area contributed by atoms with E-state index in [1.807, 2.05) is 12.4 Å². The number of pyridine rings is 1. The Hall–Kier alpha value is -2.24. The van der Waals surface area contributed by atoms with Gasteiger partial charge in [-0.25, -0.2) is 28.6 Å². The predicted octanol–water partition coefficient (Wildman–Crippen LogP) is -0.444. The number of nitrogens with zero attached hydrogens (tertiary/aromatic N) is 3. The van der Waals surface area contributed by atoms with Gasteiger partial charge in [0.25, 0.3) is 0 Å². The summed E-state index contributed by atoms with van der Waals surface area (Å²) in [6, 6.07) is 15.8. The zero-order valence-corrected chi connectivity index (χ0v) is 18.3. The lowest BCUT2D eigenvalue weighted by molar-refractivity contribution is -2.00. The van der Waals surface area contributed by atoms with Crippen molar-refractivity contribution in [3.8, 4) is 0 Å². The first kappa shape index (κ1) is 20.7. The van der Waals surface area contributed by atoms with Crippen molar-refractivity contribution in [1.29, 1.82) is 0 Å². The van der Waals surface area contributed by atoms with E-state index in [-0.39, 0.29) is 11.3 Å². The highest BCUT2D eigenvalue weighted by atomic mass is 35.7. The molecule has 1 aliphatic carbocycles. The highest BCUT2D eigenvalue weighted by Crippen LogP contribution is 2.59. The van der Waals surface area contributed by atoms with Crippen LogP contribution in [0.15, 0.2) is 71.8 Å². The fourth-order valence-electron chi connectivity index (χ4n) is 4.93. The first-order chi connectivity index (χ1) is 14.9. The first-order valence-corrected chi connectivity index (χ1v) is 12.4. The molecule has 3 aromatic heterocycles. The Morgan fingerprint density at radius 2 is 1.45 bits per heavy atom. The Balaban J connectivity index is 0.000000371. The maximum absolute atomic E-state index is 8.49. The minimum atomic E-state index is -4.94. The van der Waals surface area contributed by atoms with Crippen molar-refractivity contribution in [3.63, 3.8) is 0 Å². The standard InChI is InChI=1S/C21H16N3S2.ClHO4/c1-2-6-15-14(5-1)17-13-21(19-22-8-11-25-19,20-23-9-12-26-20)18(15)16-7-3-4-10-24(16)17;2-1(3,4)5/h1-12,17-18H,13H2;(H,2,3,4,5)/q+1;/p-1. The van der Waals surface area contributed by atoms with E-state index in [9.17, 15) is 0 Å². The normalized spacial score (nSPS) is 20.4. The average Bonchev–Trinajstić information content (AvgIpc) is 3.47. The summed E-state index contributed by atoms with van der Waals surface area (Å²) in [5.41, 5.74) is 4.07. The van der Waals surface area contributed by atoms with Crippen molar-refractivity contribution < 1.29 is 33.4 Å². The molecule has 4 aromatic rings. The van der Waals surface area contributed by atoms with Crippen molar-refractivity contribution in [1.82, 2.24) is 9.97 Å². The van der Waals surface area contributed by atoms with Gasteiger partial charge in [-0.15, -0.1) is 32.9 Å². The Morgan fingerprint density at radius 1 is 0.871 bits per heavy atom. The van der Waals surface area contributed by atoms with Gasteiger partial charge in [0, 0.05) is 47.3 Å². The van der Waals surface area contributed by atoms with Crippen LogP contribution in [0.25, 0.3) is 0 Å². The molecule has 0 saturated carbocycles. The number of benzene rings is 1. The molecule has 0 saturated heterocycles. The Bertz CT molecular complexity index is 1110. The van der Waals surface area contributed by atoms with Crippen LogP contribution in [0.3, 0.4) is 0 Å². The summed E-state index contributed by atoms with van der Waals surface area (Å²) < 4.78 is 36.4. The summed E-state index contributed by atoms with van der Waals surface area (Å²) in [7, 11) is -4.94. The first-order valence-electron chi connectivity index (χ1n) is 9.40. The maximum Gasteiger partial charge on any atom is 0.190 e. The number of hydrogen-bond acceptors (Lipinski definition) is 8. The van der Waals surface area contributed by atoms with E-state index in [1.54, 1.807) is 22.7 Å². The predicted molar refractivity (Wildman–Crippen MR) is 103 cm³/mol. The molecule has 0 N–H and O–H groups in total. The molecular weight excluding hydrogens is 458 g/mol. The number of hydrogen-bond donors (Lipinski definition) is 0. The highest BCUT2D eigenvalue weighted by Gasteiger charge is 2.61. The SMILES string of the molecule is [O-][Cl+3]([O-])([O-])[O-].c1ccc2c(c1)C1CC(c3nccs3)(c3nccs3)C2c2cccc[n+]21. The lowest BCUT2D eigenvalue weighted by atomic mass is 9.59. The van der Waals surface area contributed by atoms with Crippen molar-refractivity contribution >= 4 is 22.7 Å². The number of halogens is 1. The highest BCUT2D eigenvalue weighted by molar-refractivity contribution is 7.11. The van der Waals surface area contributed by atoms with Crippen LogP contribution < -0.4 is 23.2 Å². The molecule has 5 heterocycles. The third-order valence-corrected chi connectivity index (χ3v) is 7.76. The molecule has 10 heteroatoms. The van der Waals surface area contributed by atoms with Gasteiger partial charge in [0.15, 0.2) is 17.9 Å². The Morgan fingerprint density at radius 3 is 2.03 bits per heavy atom. The van der Waals surface area contributed by atoms with Gasteiger partial charge in [-0.3, -0.25) is 0 Å². The van der Waals surface area contributed by atoms with Gasteiger partial charge in [0.1, 0.15) is 10.0 Å². The van der Waals surface area contributed by atoms with E-state index in [1.165, 1.54) is 26.8 Å². The Kier molecular flexibility index (Phi) is 5.14. The zero-order chi connectivity index (χ0) is 21.6. The van der Waals surface area contributed by atoms with E-state index >= 15 is 0 Å². The summed E-state index contributed by atoms with van der Waals surface area (Å²) in [5.74, 6) is 0.238. The molecule has 2 bridgehead atoms. The molecule has 3 aliphatic rings. The van der Waals surface area contributed by atoms with Crippen LogP contribution in [0.1, 0.15) is 45.2 Å². The van der Waals surface area contributed by atoms with Crippen molar-refractivity contribution in [3.05, 3.63) is 98.7 Å². The number of rotatable bonds is 2. The van der Waals surface area contributed by atoms with E-state index < -0.39 is 10.2 Å². The van der Waals surface area contributed by atoms with E-state index in [0.29, 0.717) is 6.04 Å². The largest absolute Gasteiger partial charge is 0.249 e. The molecule has 2 unspecified atom stereocenters. The molecule has 0 fully saturated rings.